The number of nitrogens with one attached hydrogen (secondary N) is 1. The maximum Gasteiger partial charge on any atom is 0.265 e. The third kappa shape index (κ3) is 5.80. The Hall–Kier alpha value is -2.38. The number of carbonyl (C=O) groups is 2. The van der Waals surface area contributed by atoms with Gasteiger partial charge in [0.2, 0.25) is 5.91 Å². The topological polar surface area (TPSA) is 61.9 Å². The van der Waals surface area contributed by atoms with Crippen molar-refractivity contribution in [2.45, 2.75) is 19.9 Å². The molecule has 0 aliphatic carbocycles. The molecule has 0 spiro atoms. The number of hydrogen-bond acceptors (Lipinski definition) is 5. The number of benzene rings is 1. The van der Waals surface area contributed by atoms with Crippen molar-refractivity contribution < 1.29 is 14.3 Å². The number of carbonyl (C=O) groups excluding carboxylic acids is 2. The summed E-state index contributed by atoms with van der Waals surface area (Å²) in [5, 5.41) is 4.81. The number of ether oxygens (including phenoxy) is 1. The van der Waals surface area contributed by atoms with Crippen LogP contribution in [0.2, 0.25) is 0 Å². The first-order valence-corrected chi connectivity index (χ1v) is 9.76. The SMILES string of the molecule is CCCN(Cc1cc(NC(=O)c2cccs2)ccc1N(C)C)C(=O)COC. The molecule has 2 amide bonds. The highest BCUT2D eigenvalue weighted by molar-refractivity contribution is 7.12. The van der Waals surface area contributed by atoms with Gasteiger partial charge in [-0.3, -0.25) is 9.59 Å². The molecule has 0 saturated carbocycles. The Balaban J connectivity index is 2.25. The van der Waals surface area contributed by atoms with Crippen molar-refractivity contribution in [2.24, 2.45) is 0 Å². The highest BCUT2D eigenvalue weighted by Gasteiger charge is 2.17. The van der Waals surface area contributed by atoms with Crippen molar-refractivity contribution in [2.75, 3.05) is 44.6 Å². The van der Waals surface area contributed by atoms with E-state index >= 15 is 0 Å². The number of anilines is 2. The molecule has 0 saturated heterocycles. The fourth-order valence-corrected chi connectivity index (χ4v) is 3.43. The van der Waals surface area contributed by atoms with Gasteiger partial charge in [0.1, 0.15) is 6.61 Å². The monoisotopic (exact) mass is 389 g/mol. The molecule has 1 N–H and O–H groups in total. The van der Waals surface area contributed by atoms with Crippen LogP contribution >= 0.6 is 11.3 Å². The molecular weight excluding hydrogens is 362 g/mol. The standard InChI is InChI=1S/C20H27N3O3S/c1-5-10-23(19(24)14-26-4)13-15-12-16(8-9-17(15)22(2)3)21-20(25)18-7-6-11-27-18/h6-9,11-12H,5,10,13-14H2,1-4H3,(H,21,25). The van der Waals surface area contributed by atoms with Gasteiger partial charge in [-0.1, -0.05) is 13.0 Å². The van der Waals surface area contributed by atoms with E-state index in [4.69, 9.17) is 4.74 Å². The maximum absolute atomic E-state index is 12.4. The molecule has 1 aromatic carbocycles. The number of hydrogen-bond donors (Lipinski definition) is 1. The molecule has 146 valence electrons. The molecule has 1 heterocycles. The minimum atomic E-state index is -0.130. The van der Waals surface area contributed by atoms with Gasteiger partial charge in [-0.2, -0.15) is 0 Å². The Bertz CT molecular complexity index is 760. The van der Waals surface area contributed by atoms with Gasteiger partial charge >= 0.3 is 0 Å². The van der Waals surface area contributed by atoms with E-state index in [0.29, 0.717) is 23.7 Å². The maximum atomic E-state index is 12.4. The van der Waals surface area contributed by atoms with Crippen LogP contribution in [0.4, 0.5) is 11.4 Å². The van der Waals surface area contributed by atoms with E-state index in [-0.39, 0.29) is 18.4 Å². The molecule has 0 unspecified atom stereocenters. The van der Waals surface area contributed by atoms with Gasteiger partial charge in [-0.05, 0) is 41.6 Å². The normalized spacial score (nSPS) is 10.5. The average molecular weight is 390 g/mol. The number of thiophene rings is 1. The zero-order valence-electron chi connectivity index (χ0n) is 16.3. The molecule has 2 aromatic rings. The summed E-state index contributed by atoms with van der Waals surface area (Å²) in [5.41, 5.74) is 2.70. The first kappa shape index (κ1) is 20.9. The second-order valence-electron chi connectivity index (χ2n) is 6.42. The van der Waals surface area contributed by atoms with Crippen LogP contribution in [0.25, 0.3) is 0 Å². The first-order chi connectivity index (χ1) is 13.0. The van der Waals surface area contributed by atoms with E-state index in [1.165, 1.54) is 18.4 Å². The summed E-state index contributed by atoms with van der Waals surface area (Å²) in [6, 6.07) is 9.42. The van der Waals surface area contributed by atoms with Crippen LogP contribution in [0.5, 0.6) is 0 Å². The summed E-state index contributed by atoms with van der Waals surface area (Å²) in [4.78, 5) is 29.1. The summed E-state index contributed by atoms with van der Waals surface area (Å²) in [7, 11) is 5.45. The molecule has 7 heteroatoms. The van der Waals surface area contributed by atoms with Gasteiger partial charge < -0.3 is 19.9 Å². The molecule has 0 atom stereocenters. The second-order valence-corrected chi connectivity index (χ2v) is 7.37. The third-order valence-electron chi connectivity index (χ3n) is 4.04. The lowest BCUT2D eigenvalue weighted by atomic mass is 10.1. The van der Waals surface area contributed by atoms with Crippen LogP contribution in [0.1, 0.15) is 28.6 Å². The molecule has 6 nitrogen and oxygen atoms in total. The molecule has 0 aliphatic rings. The molecule has 0 fully saturated rings. The minimum Gasteiger partial charge on any atom is -0.377 e. The molecular formula is C20H27N3O3S. The Morgan fingerprint density at radius 1 is 1.22 bits per heavy atom. The summed E-state index contributed by atoms with van der Waals surface area (Å²) >= 11 is 1.40. The number of rotatable bonds is 9. The predicted octanol–water partition coefficient (Wildman–Crippen LogP) is 3.45. The Morgan fingerprint density at radius 2 is 2.00 bits per heavy atom. The predicted molar refractivity (Wildman–Crippen MR) is 111 cm³/mol. The lowest BCUT2D eigenvalue weighted by molar-refractivity contribution is -0.135. The molecule has 1 aromatic heterocycles. The molecule has 2 rings (SSSR count). The minimum absolute atomic E-state index is 0.0444. The van der Waals surface area contributed by atoms with Gasteiger partial charge in [0.15, 0.2) is 0 Å². The highest BCUT2D eigenvalue weighted by Crippen LogP contribution is 2.25. The Morgan fingerprint density at radius 3 is 2.59 bits per heavy atom. The van der Waals surface area contributed by atoms with Gasteiger partial charge in [0.05, 0.1) is 4.88 Å². The van der Waals surface area contributed by atoms with Crippen LogP contribution < -0.4 is 10.2 Å². The quantitative estimate of drug-likeness (QED) is 0.714. The van der Waals surface area contributed by atoms with E-state index in [2.05, 4.69) is 5.32 Å². The van der Waals surface area contributed by atoms with Crippen molar-refractivity contribution in [3.05, 3.63) is 46.2 Å². The Kier molecular flexibility index (Phi) is 7.82. The summed E-state index contributed by atoms with van der Waals surface area (Å²) in [5.74, 6) is -0.175. The van der Waals surface area contributed by atoms with Crippen molar-refractivity contribution in [1.82, 2.24) is 4.90 Å². The zero-order chi connectivity index (χ0) is 19.8. The van der Waals surface area contributed by atoms with Crippen molar-refractivity contribution >= 4 is 34.5 Å². The van der Waals surface area contributed by atoms with E-state index in [1.807, 2.05) is 55.6 Å². The van der Waals surface area contributed by atoms with E-state index in [9.17, 15) is 9.59 Å². The van der Waals surface area contributed by atoms with E-state index < -0.39 is 0 Å². The molecule has 0 aliphatic heterocycles. The van der Waals surface area contributed by atoms with Gasteiger partial charge in [-0.25, -0.2) is 0 Å². The molecule has 0 radical (unpaired) electrons. The average Bonchev–Trinajstić information content (AvgIpc) is 3.16. The van der Waals surface area contributed by atoms with Crippen molar-refractivity contribution in [1.29, 1.82) is 0 Å². The van der Waals surface area contributed by atoms with E-state index in [1.54, 1.807) is 11.0 Å². The Labute approximate surface area is 164 Å². The van der Waals surface area contributed by atoms with Crippen LogP contribution in [0.15, 0.2) is 35.7 Å². The summed E-state index contributed by atoms with van der Waals surface area (Å²) in [6.45, 7) is 3.22. The van der Waals surface area contributed by atoms with Gasteiger partial charge in [0, 0.05) is 45.7 Å². The van der Waals surface area contributed by atoms with Crippen molar-refractivity contribution in [3.63, 3.8) is 0 Å². The first-order valence-electron chi connectivity index (χ1n) is 8.88. The van der Waals surface area contributed by atoms with Crippen LogP contribution in [-0.2, 0) is 16.1 Å². The molecule has 27 heavy (non-hydrogen) atoms. The van der Waals surface area contributed by atoms with Crippen molar-refractivity contribution in [3.8, 4) is 0 Å². The lowest BCUT2D eigenvalue weighted by Gasteiger charge is -2.26. The highest BCUT2D eigenvalue weighted by atomic mass is 32.1. The van der Waals surface area contributed by atoms with Gasteiger partial charge in [-0.15, -0.1) is 11.3 Å². The fourth-order valence-electron chi connectivity index (χ4n) is 2.81. The second kappa shape index (κ2) is 10.1. The fraction of sp³-hybridized carbons (Fsp3) is 0.400. The number of methoxy groups -OCH3 is 1. The number of amides is 2. The third-order valence-corrected chi connectivity index (χ3v) is 4.91. The van der Waals surface area contributed by atoms with Gasteiger partial charge in [0.25, 0.3) is 5.91 Å². The van der Waals surface area contributed by atoms with Crippen LogP contribution in [0.3, 0.4) is 0 Å². The lowest BCUT2D eigenvalue weighted by Crippen LogP contribution is -2.34. The summed E-state index contributed by atoms with van der Waals surface area (Å²) in [6.07, 6.45) is 0.863. The van der Waals surface area contributed by atoms with E-state index in [0.717, 1.165) is 17.7 Å². The van der Waals surface area contributed by atoms with Crippen LogP contribution in [0, 0.1) is 0 Å². The zero-order valence-corrected chi connectivity index (χ0v) is 17.1. The smallest absolute Gasteiger partial charge is 0.265 e. The molecule has 0 bridgehead atoms. The largest absolute Gasteiger partial charge is 0.377 e. The van der Waals surface area contributed by atoms with Crippen LogP contribution in [-0.4, -0.2) is 51.1 Å². The number of nitrogens with zero attached hydrogens (tertiary/aromatic N) is 2. The summed E-state index contributed by atoms with van der Waals surface area (Å²) < 4.78 is 5.01.